The summed E-state index contributed by atoms with van der Waals surface area (Å²) in [6.07, 6.45) is 1.85. The number of rotatable bonds is 7. The first kappa shape index (κ1) is 25.0. The molecule has 186 valence electrons. The normalized spacial score (nSPS) is 19.1. The molecule has 4 rings (SSSR count). The number of nitrogens with one attached hydrogen (secondary N) is 1. The predicted molar refractivity (Wildman–Crippen MR) is 134 cm³/mol. The van der Waals surface area contributed by atoms with E-state index in [9.17, 15) is 18.0 Å². The number of aryl methyl sites for hydroxylation is 2. The van der Waals surface area contributed by atoms with E-state index in [2.05, 4.69) is 10.3 Å². The van der Waals surface area contributed by atoms with Gasteiger partial charge in [0.1, 0.15) is 0 Å². The molecular weight excluding hydrogens is 468 g/mol. The minimum Gasteiger partial charge on any atom is -0.373 e. The Hall–Kier alpha value is -3.08. The Balaban J connectivity index is 1.33. The SMILES string of the molecule is Cc1cccc2c(=O)n(CCCC(=O)Nc3ccc(S(=O)(=O)N4CC(C)OC(C)C4)cc3)cnc12. The van der Waals surface area contributed by atoms with Gasteiger partial charge >= 0.3 is 0 Å². The third kappa shape index (κ3) is 5.61. The lowest BCUT2D eigenvalue weighted by atomic mass is 10.1. The number of para-hydroxylation sites is 1. The summed E-state index contributed by atoms with van der Waals surface area (Å²) in [5.74, 6) is -0.214. The Morgan fingerprint density at radius 3 is 2.49 bits per heavy atom. The molecule has 0 spiro atoms. The molecule has 0 aliphatic carbocycles. The number of benzene rings is 2. The molecule has 10 heteroatoms. The summed E-state index contributed by atoms with van der Waals surface area (Å²) in [4.78, 5) is 29.6. The van der Waals surface area contributed by atoms with Gasteiger partial charge in [-0.25, -0.2) is 13.4 Å². The van der Waals surface area contributed by atoms with E-state index < -0.39 is 10.0 Å². The topological polar surface area (TPSA) is 111 Å². The number of aromatic nitrogens is 2. The van der Waals surface area contributed by atoms with Crippen LogP contribution in [0.25, 0.3) is 10.9 Å². The molecule has 1 N–H and O–H groups in total. The van der Waals surface area contributed by atoms with Gasteiger partial charge in [0.15, 0.2) is 0 Å². The van der Waals surface area contributed by atoms with Crippen molar-refractivity contribution in [1.29, 1.82) is 0 Å². The Morgan fingerprint density at radius 2 is 1.80 bits per heavy atom. The van der Waals surface area contributed by atoms with Crippen molar-refractivity contribution in [3.63, 3.8) is 0 Å². The fourth-order valence-electron chi connectivity index (χ4n) is 4.32. The van der Waals surface area contributed by atoms with E-state index in [1.165, 1.54) is 27.3 Å². The summed E-state index contributed by atoms with van der Waals surface area (Å²) in [6.45, 7) is 6.60. The summed E-state index contributed by atoms with van der Waals surface area (Å²) >= 11 is 0. The lowest BCUT2D eigenvalue weighted by Crippen LogP contribution is -2.48. The number of carbonyl (C=O) groups excluding carboxylic acids is 1. The predicted octanol–water partition coefficient (Wildman–Crippen LogP) is 2.92. The highest BCUT2D eigenvalue weighted by Gasteiger charge is 2.32. The molecule has 1 amide bonds. The summed E-state index contributed by atoms with van der Waals surface area (Å²) in [6, 6.07) is 11.7. The van der Waals surface area contributed by atoms with E-state index in [-0.39, 0.29) is 35.0 Å². The average Bonchev–Trinajstić information content (AvgIpc) is 2.81. The number of anilines is 1. The second-order valence-electron chi connectivity index (χ2n) is 8.97. The molecule has 35 heavy (non-hydrogen) atoms. The van der Waals surface area contributed by atoms with Crippen LogP contribution in [-0.2, 0) is 26.1 Å². The Kier molecular flexibility index (Phi) is 7.34. The van der Waals surface area contributed by atoms with Gasteiger partial charge in [-0.15, -0.1) is 0 Å². The number of carbonyl (C=O) groups is 1. The molecule has 3 aromatic rings. The van der Waals surface area contributed by atoms with Crippen molar-refractivity contribution in [3.05, 3.63) is 64.7 Å². The van der Waals surface area contributed by atoms with Crippen molar-refractivity contribution in [1.82, 2.24) is 13.9 Å². The quantitative estimate of drug-likeness (QED) is 0.536. The number of hydrogen-bond donors (Lipinski definition) is 1. The second-order valence-corrected chi connectivity index (χ2v) is 10.9. The van der Waals surface area contributed by atoms with E-state index in [0.29, 0.717) is 42.6 Å². The number of ether oxygens (including phenoxy) is 1. The maximum atomic E-state index is 13.0. The van der Waals surface area contributed by atoms with E-state index in [4.69, 9.17) is 4.74 Å². The van der Waals surface area contributed by atoms with Crippen molar-refractivity contribution in [2.24, 2.45) is 0 Å². The van der Waals surface area contributed by atoms with Crippen LogP contribution in [0.1, 0.15) is 32.3 Å². The van der Waals surface area contributed by atoms with Crippen molar-refractivity contribution in [2.45, 2.75) is 57.3 Å². The number of morpholine rings is 1. The Labute approximate surface area is 204 Å². The van der Waals surface area contributed by atoms with Crippen LogP contribution in [0.15, 0.2) is 58.5 Å². The molecule has 1 aliphatic heterocycles. The van der Waals surface area contributed by atoms with Gasteiger partial charge in [-0.2, -0.15) is 4.31 Å². The van der Waals surface area contributed by atoms with Gasteiger partial charge in [-0.3, -0.25) is 14.2 Å². The van der Waals surface area contributed by atoms with Crippen molar-refractivity contribution >= 4 is 32.5 Å². The first-order chi connectivity index (χ1) is 16.6. The molecule has 2 aromatic carbocycles. The highest BCUT2D eigenvalue weighted by atomic mass is 32.2. The lowest BCUT2D eigenvalue weighted by molar-refractivity contribution is -0.116. The monoisotopic (exact) mass is 498 g/mol. The molecule has 1 fully saturated rings. The number of fused-ring (bicyclic) bond motifs is 1. The molecule has 0 bridgehead atoms. The number of amides is 1. The molecule has 9 nitrogen and oxygen atoms in total. The zero-order valence-corrected chi connectivity index (χ0v) is 20.9. The summed E-state index contributed by atoms with van der Waals surface area (Å²) in [7, 11) is -3.64. The minimum atomic E-state index is -3.64. The van der Waals surface area contributed by atoms with Crippen LogP contribution in [-0.4, -0.2) is 53.5 Å². The smallest absolute Gasteiger partial charge is 0.261 e. The molecule has 2 atom stereocenters. The first-order valence-electron chi connectivity index (χ1n) is 11.7. The number of sulfonamides is 1. The zero-order chi connectivity index (χ0) is 25.2. The highest BCUT2D eigenvalue weighted by molar-refractivity contribution is 7.89. The molecule has 1 saturated heterocycles. The van der Waals surface area contributed by atoms with Gasteiger partial charge in [0, 0.05) is 31.7 Å². The van der Waals surface area contributed by atoms with Gasteiger partial charge in [-0.1, -0.05) is 12.1 Å². The third-order valence-corrected chi connectivity index (χ3v) is 7.87. The van der Waals surface area contributed by atoms with Crippen LogP contribution in [0.5, 0.6) is 0 Å². The standard InChI is InChI=1S/C25H30N4O5S/c1-17-6-4-7-22-24(17)26-16-28(25(22)31)13-5-8-23(30)27-20-9-11-21(12-10-20)35(32,33)29-14-18(2)34-19(3)15-29/h4,6-7,9-12,16,18-19H,5,8,13-15H2,1-3H3,(H,27,30). The largest absolute Gasteiger partial charge is 0.373 e. The Bertz CT molecular complexity index is 1380. The van der Waals surface area contributed by atoms with Crippen LogP contribution in [0.2, 0.25) is 0 Å². The molecule has 2 unspecified atom stereocenters. The van der Waals surface area contributed by atoms with Crippen LogP contribution < -0.4 is 10.9 Å². The van der Waals surface area contributed by atoms with Crippen LogP contribution in [0, 0.1) is 6.92 Å². The Morgan fingerprint density at radius 1 is 1.11 bits per heavy atom. The van der Waals surface area contributed by atoms with E-state index in [1.807, 2.05) is 32.9 Å². The summed E-state index contributed by atoms with van der Waals surface area (Å²) in [5.41, 5.74) is 2.02. The fraction of sp³-hybridized carbons (Fsp3) is 0.400. The first-order valence-corrected chi connectivity index (χ1v) is 13.1. The molecule has 0 saturated carbocycles. The fourth-order valence-corrected chi connectivity index (χ4v) is 5.91. The van der Waals surface area contributed by atoms with Crippen LogP contribution in [0.4, 0.5) is 5.69 Å². The highest BCUT2D eigenvalue weighted by Crippen LogP contribution is 2.22. The minimum absolute atomic E-state index is 0.125. The van der Waals surface area contributed by atoms with Gasteiger partial charge in [0.2, 0.25) is 15.9 Å². The third-order valence-electron chi connectivity index (χ3n) is 6.02. The molecule has 0 radical (unpaired) electrons. The maximum absolute atomic E-state index is 13.0. The number of hydrogen-bond acceptors (Lipinski definition) is 6. The average molecular weight is 499 g/mol. The van der Waals surface area contributed by atoms with Gasteiger partial charge in [-0.05, 0) is 63.1 Å². The molecule has 2 heterocycles. The van der Waals surface area contributed by atoms with Crippen molar-refractivity contribution in [3.8, 4) is 0 Å². The van der Waals surface area contributed by atoms with Crippen molar-refractivity contribution < 1.29 is 17.9 Å². The van der Waals surface area contributed by atoms with Crippen molar-refractivity contribution in [2.75, 3.05) is 18.4 Å². The van der Waals surface area contributed by atoms with Gasteiger partial charge in [0.05, 0.1) is 34.3 Å². The van der Waals surface area contributed by atoms with E-state index in [0.717, 1.165) is 5.56 Å². The number of nitrogens with zero attached hydrogens (tertiary/aromatic N) is 3. The van der Waals surface area contributed by atoms with Gasteiger partial charge in [0.25, 0.3) is 5.56 Å². The van der Waals surface area contributed by atoms with Gasteiger partial charge < -0.3 is 10.1 Å². The molecule has 1 aliphatic rings. The molecular formula is C25H30N4O5S. The van der Waals surface area contributed by atoms with E-state index in [1.54, 1.807) is 18.2 Å². The lowest BCUT2D eigenvalue weighted by Gasteiger charge is -2.34. The second kappa shape index (κ2) is 10.3. The van der Waals surface area contributed by atoms with Crippen LogP contribution >= 0.6 is 0 Å². The maximum Gasteiger partial charge on any atom is 0.261 e. The van der Waals surface area contributed by atoms with E-state index >= 15 is 0 Å². The summed E-state index contributed by atoms with van der Waals surface area (Å²) in [5, 5.41) is 3.34. The van der Waals surface area contributed by atoms with Crippen LogP contribution in [0.3, 0.4) is 0 Å². The molecule has 1 aromatic heterocycles. The zero-order valence-electron chi connectivity index (χ0n) is 20.1. The summed E-state index contributed by atoms with van der Waals surface area (Å²) < 4.78 is 34.5.